The molecule has 0 amide bonds. The zero-order chi connectivity index (χ0) is 12.2. The van der Waals surface area contributed by atoms with Gasteiger partial charge < -0.3 is 9.30 Å². The molecule has 0 atom stereocenters. The molecule has 0 aliphatic heterocycles. The molecule has 0 spiro atoms. The van der Waals surface area contributed by atoms with E-state index in [1.54, 1.807) is 4.57 Å². The Hall–Kier alpha value is -0.890. The second-order valence-electron chi connectivity index (χ2n) is 3.20. The molecule has 1 N–H and O–H groups in total. The number of hydrogen-bond acceptors (Lipinski definition) is 3. The summed E-state index contributed by atoms with van der Waals surface area (Å²) in [6.45, 7) is 1.07. The standard InChI is InChI=1S/C8H12F3N3OS/c1-2-3-14-6(12-13-7(14)16)4-15-5-8(9,10)11/h2-5H2,1H3,(H,13,16). The van der Waals surface area contributed by atoms with Crippen molar-refractivity contribution in [1.29, 1.82) is 0 Å². The summed E-state index contributed by atoms with van der Waals surface area (Å²) in [4.78, 5) is 0. The number of aromatic amines is 1. The highest BCUT2D eigenvalue weighted by molar-refractivity contribution is 7.71. The van der Waals surface area contributed by atoms with Gasteiger partial charge in [0, 0.05) is 6.54 Å². The van der Waals surface area contributed by atoms with Crippen molar-refractivity contribution in [1.82, 2.24) is 14.8 Å². The predicted octanol–water partition coefficient (Wildman–Crippen LogP) is 2.43. The van der Waals surface area contributed by atoms with Crippen LogP contribution in [0, 0.1) is 4.77 Å². The van der Waals surface area contributed by atoms with E-state index in [1.165, 1.54) is 0 Å². The van der Waals surface area contributed by atoms with Gasteiger partial charge in [-0.05, 0) is 18.6 Å². The fraction of sp³-hybridized carbons (Fsp3) is 0.750. The number of nitrogens with zero attached hydrogens (tertiary/aromatic N) is 2. The van der Waals surface area contributed by atoms with Crippen LogP contribution in [-0.2, 0) is 17.9 Å². The van der Waals surface area contributed by atoms with Gasteiger partial charge in [0.05, 0.1) is 0 Å². The smallest absolute Gasteiger partial charge is 0.364 e. The quantitative estimate of drug-likeness (QED) is 0.822. The first-order valence-corrected chi connectivity index (χ1v) is 5.13. The first-order chi connectivity index (χ1) is 7.44. The molecule has 4 nitrogen and oxygen atoms in total. The van der Waals surface area contributed by atoms with Gasteiger partial charge in [-0.25, -0.2) is 0 Å². The number of nitrogens with one attached hydrogen (secondary N) is 1. The Morgan fingerprint density at radius 3 is 2.75 bits per heavy atom. The lowest BCUT2D eigenvalue weighted by Gasteiger charge is -2.08. The van der Waals surface area contributed by atoms with E-state index in [9.17, 15) is 13.2 Å². The Labute approximate surface area is 95.4 Å². The average Bonchev–Trinajstić information content (AvgIpc) is 2.48. The molecule has 0 radical (unpaired) electrons. The minimum atomic E-state index is -4.32. The van der Waals surface area contributed by atoms with Crippen LogP contribution in [0.15, 0.2) is 0 Å². The molecular weight excluding hydrogens is 243 g/mol. The van der Waals surface area contributed by atoms with Gasteiger partial charge in [-0.15, -0.1) is 0 Å². The molecule has 0 saturated carbocycles. The van der Waals surface area contributed by atoms with E-state index < -0.39 is 12.8 Å². The van der Waals surface area contributed by atoms with E-state index >= 15 is 0 Å². The van der Waals surface area contributed by atoms with E-state index in [-0.39, 0.29) is 6.61 Å². The first kappa shape index (κ1) is 13.2. The van der Waals surface area contributed by atoms with E-state index in [0.717, 1.165) is 6.42 Å². The van der Waals surface area contributed by atoms with Crippen molar-refractivity contribution in [2.45, 2.75) is 32.7 Å². The molecule has 8 heteroatoms. The molecule has 0 aromatic carbocycles. The van der Waals surface area contributed by atoms with Crippen LogP contribution >= 0.6 is 12.2 Å². The lowest BCUT2D eigenvalue weighted by Crippen LogP contribution is -2.18. The molecule has 1 aromatic heterocycles. The predicted molar refractivity (Wildman–Crippen MR) is 53.4 cm³/mol. The second-order valence-corrected chi connectivity index (χ2v) is 3.59. The number of rotatable bonds is 5. The summed E-state index contributed by atoms with van der Waals surface area (Å²) in [5, 5.41) is 6.33. The lowest BCUT2D eigenvalue weighted by molar-refractivity contribution is -0.177. The van der Waals surface area contributed by atoms with Gasteiger partial charge in [0.15, 0.2) is 10.6 Å². The minimum absolute atomic E-state index is 0.202. The summed E-state index contributed by atoms with van der Waals surface area (Å²) in [5.74, 6) is 0.385. The highest BCUT2D eigenvalue weighted by Gasteiger charge is 2.27. The maximum absolute atomic E-state index is 11.8. The number of halogens is 3. The van der Waals surface area contributed by atoms with Crippen molar-refractivity contribution in [3.63, 3.8) is 0 Å². The number of aromatic nitrogens is 3. The molecule has 0 unspecified atom stereocenters. The minimum Gasteiger partial charge on any atom is -0.364 e. The topological polar surface area (TPSA) is 42.8 Å². The van der Waals surface area contributed by atoms with Crippen molar-refractivity contribution in [2.75, 3.05) is 6.61 Å². The van der Waals surface area contributed by atoms with Crippen LogP contribution in [0.25, 0.3) is 0 Å². The van der Waals surface area contributed by atoms with Gasteiger partial charge >= 0.3 is 6.18 Å². The Kier molecular flexibility index (Phi) is 4.48. The van der Waals surface area contributed by atoms with Crippen molar-refractivity contribution >= 4 is 12.2 Å². The molecule has 0 aliphatic rings. The normalized spacial score (nSPS) is 12.0. The molecule has 0 fully saturated rings. The second kappa shape index (κ2) is 5.44. The molecule has 0 saturated heterocycles. The summed E-state index contributed by atoms with van der Waals surface area (Å²) in [5.41, 5.74) is 0. The van der Waals surface area contributed by atoms with Crippen LogP contribution in [0.1, 0.15) is 19.2 Å². The maximum Gasteiger partial charge on any atom is 0.411 e. The largest absolute Gasteiger partial charge is 0.411 e. The summed E-state index contributed by atoms with van der Waals surface area (Å²) >= 11 is 4.93. The fourth-order valence-electron chi connectivity index (χ4n) is 1.17. The Morgan fingerprint density at radius 1 is 1.50 bits per heavy atom. The molecule has 92 valence electrons. The van der Waals surface area contributed by atoms with E-state index in [0.29, 0.717) is 17.1 Å². The number of hydrogen-bond donors (Lipinski definition) is 1. The van der Waals surface area contributed by atoms with E-state index in [4.69, 9.17) is 12.2 Å². The number of H-pyrrole nitrogens is 1. The highest BCUT2D eigenvalue weighted by atomic mass is 32.1. The van der Waals surface area contributed by atoms with Gasteiger partial charge in [0.2, 0.25) is 0 Å². The van der Waals surface area contributed by atoms with E-state index in [1.807, 2.05) is 6.92 Å². The van der Waals surface area contributed by atoms with Gasteiger partial charge in [0.25, 0.3) is 0 Å². The van der Waals surface area contributed by atoms with Crippen molar-refractivity contribution in [3.05, 3.63) is 10.6 Å². The summed E-state index contributed by atoms with van der Waals surface area (Å²) in [6, 6.07) is 0. The summed E-state index contributed by atoms with van der Waals surface area (Å²) in [6.07, 6.45) is -3.50. The Morgan fingerprint density at radius 2 is 2.19 bits per heavy atom. The third-order valence-corrected chi connectivity index (χ3v) is 2.09. The fourth-order valence-corrected chi connectivity index (χ4v) is 1.42. The molecule has 16 heavy (non-hydrogen) atoms. The number of alkyl halides is 3. The molecule has 1 heterocycles. The van der Waals surface area contributed by atoms with Gasteiger partial charge in [-0.2, -0.15) is 18.3 Å². The molecular formula is C8H12F3N3OS. The van der Waals surface area contributed by atoms with Crippen LogP contribution < -0.4 is 0 Å². The van der Waals surface area contributed by atoms with E-state index in [2.05, 4.69) is 14.9 Å². The van der Waals surface area contributed by atoms with Crippen LogP contribution in [0.2, 0.25) is 0 Å². The lowest BCUT2D eigenvalue weighted by atomic mass is 10.4. The Balaban J connectivity index is 2.57. The zero-order valence-corrected chi connectivity index (χ0v) is 9.49. The van der Waals surface area contributed by atoms with Crippen LogP contribution in [0.3, 0.4) is 0 Å². The van der Waals surface area contributed by atoms with Crippen molar-refractivity contribution in [3.8, 4) is 0 Å². The van der Waals surface area contributed by atoms with Crippen LogP contribution in [0.5, 0.6) is 0 Å². The van der Waals surface area contributed by atoms with Crippen LogP contribution in [-0.4, -0.2) is 27.5 Å². The van der Waals surface area contributed by atoms with Crippen molar-refractivity contribution < 1.29 is 17.9 Å². The zero-order valence-electron chi connectivity index (χ0n) is 8.67. The maximum atomic E-state index is 11.8. The Bertz CT molecular complexity index is 385. The monoisotopic (exact) mass is 255 g/mol. The third-order valence-electron chi connectivity index (χ3n) is 1.78. The van der Waals surface area contributed by atoms with Crippen molar-refractivity contribution in [2.24, 2.45) is 0 Å². The third kappa shape index (κ3) is 3.93. The molecule has 0 bridgehead atoms. The SMILES string of the molecule is CCCn1c(COCC(F)(F)F)n[nH]c1=S. The first-order valence-electron chi connectivity index (χ1n) is 4.72. The van der Waals surface area contributed by atoms with Gasteiger partial charge in [-0.3, -0.25) is 5.10 Å². The highest BCUT2D eigenvalue weighted by Crippen LogP contribution is 2.15. The summed E-state index contributed by atoms with van der Waals surface area (Å²) in [7, 11) is 0. The van der Waals surface area contributed by atoms with Crippen LogP contribution in [0.4, 0.5) is 13.2 Å². The molecule has 0 aliphatic carbocycles. The summed E-state index contributed by atoms with van der Waals surface area (Å²) < 4.78 is 42.0. The van der Waals surface area contributed by atoms with Gasteiger partial charge in [-0.1, -0.05) is 6.92 Å². The average molecular weight is 255 g/mol. The number of ether oxygens (including phenoxy) is 1. The van der Waals surface area contributed by atoms with Gasteiger partial charge in [0.1, 0.15) is 13.2 Å². The molecule has 1 rings (SSSR count). The molecule has 1 aromatic rings.